The van der Waals surface area contributed by atoms with Crippen molar-refractivity contribution in [3.05, 3.63) is 42.0 Å². The molecular weight excluding hydrogens is 224 g/mol. The number of hydrogen-bond acceptors (Lipinski definition) is 3. The van der Waals surface area contributed by atoms with Crippen LogP contribution in [0, 0.1) is 0 Å². The first-order valence-corrected chi connectivity index (χ1v) is 6.31. The summed E-state index contributed by atoms with van der Waals surface area (Å²) >= 11 is 0. The van der Waals surface area contributed by atoms with E-state index in [-0.39, 0.29) is 0 Å². The van der Waals surface area contributed by atoms with Gasteiger partial charge in [0.25, 0.3) is 0 Å². The zero-order valence-electron chi connectivity index (χ0n) is 10.2. The molecule has 0 aromatic heterocycles. The zero-order valence-corrected chi connectivity index (χ0v) is 10.2. The van der Waals surface area contributed by atoms with Crippen LogP contribution in [0.3, 0.4) is 0 Å². The van der Waals surface area contributed by atoms with Gasteiger partial charge < -0.3 is 10.2 Å². The lowest BCUT2D eigenvalue weighted by atomic mass is 10.1. The fourth-order valence-electron chi connectivity index (χ4n) is 2.44. The number of carbonyl (C=O) groups excluding carboxylic acids is 1. The number of carbonyl (C=O) groups is 1. The highest BCUT2D eigenvalue weighted by Gasteiger charge is 2.10. The molecule has 3 rings (SSSR count). The van der Waals surface area contributed by atoms with E-state index in [1.54, 1.807) is 0 Å². The normalized spacial score (nSPS) is 15.9. The highest BCUT2D eigenvalue weighted by atomic mass is 16.1. The Morgan fingerprint density at radius 2 is 1.72 bits per heavy atom. The lowest BCUT2D eigenvalue weighted by molar-refractivity contribution is 0.112. The summed E-state index contributed by atoms with van der Waals surface area (Å²) in [5.41, 5.74) is 2.00. The van der Waals surface area contributed by atoms with Crippen molar-refractivity contribution in [1.82, 2.24) is 5.32 Å². The van der Waals surface area contributed by atoms with Crippen molar-refractivity contribution in [2.75, 3.05) is 31.1 Å². The number of fused-ring (bicyclic) bond motifs is 1. The number of rotatable bonds is 2. The molecule has 3 nitrogen and oxygen atoms in total. The summed E-state index contributed by atoms with van der Waals surface area (Å²) in [4.78, 5) is 13.1. The third-order valence-corrected chi connectivity index (χ3v) is 3.47. The van der Waals surface area contributed by atoms with Gasteiger partial charge in [0.15, 0.2) is 0 Å². The molecule has 0 amide bonds. The number of piperazine rings is 1. The lowest BCUT2D eigenvalue weighted by Crippen LogP contribution is -2.43. The SMILES string of the molecule is O=Cc1ccc2cc(N3CCNCC3)ccc2c1. The van der Waals surface area contributed by atoms with E-state index in [9.17, 15) is 4.79 Å². The molecule has 0 unspecified atom stereocenters. The van der Waals surface area contributed by atoms with E-state index in [1.807, 2.05) is 18.2 Å². The standard InChI is InChI=1S/C15H16N2O/c18-11-12-1-2-14-10-15(4-3-13(14)9-12)17-7-5-16-6-8-17/h1-4,9-11,16H,5-8H2. The van der Waals surface area contributed by atoms with Crippen molar-refractivity contribution in [3.8, 4) is 0 Å². The molecule has 0 atom stereocenters. The zero-order chi connectivity index (χ0) is 12.4. The summed E-state index contributed by atoms with van der Waals surface area (Å²) in [5.74, 6) is 0. The smallest absolute Gasteiger partial charge is 0.150 e. The summed E-state index contributed by atoms with van der Waals surface area (Å²) in [7, 11) is 0. The Labute approximate surface area is 106 Å². The van der Waals surface area contributed by atoms with Crippen molar-refractivity contribution >= 4 is 22.7 Å². The topological polar surface area (TPSA) is 32.3 Å². The number of anilines is 1. The van der Waals surface area contributed by atoms with E-state index in [0.717, 1.165) is 43.4 Å². The first kappa shape index (κ1) is 11.2. The Hall–Kier alpha value is -1.87. The maximum Gasteiger partial charge on any atom is 0.150 e. The molecule has 0 spiro atoms. The number of hydrogen-bond donors (Lipinski definition) is 1. The van der Waals surface area contributed by atoms with Crippen molar-refractivity contribution in [3.63, 3.8) is 0 Å². The van der Waals surface area contributed by atoms with Gasteiger partial charge in [0, 0.05) is 37.4 Å². The van der Waals surface area contributed by atoms with Gasteiger partial charge in [-0.1, -0.05) is 18.2 Å². The van der Waals surface area contributed by atoms with Gasteiger partial charge in [-0.2, -0.15) is 0 Å². The molecule has 0 saturated carbocycles. The molecule has 1 fully saturated rings. The molecule has 1 saturated heterocycles. The van der Waals surface area contributed by atoms with Crippen LogP contribution in [0.1, 0.15) is 10.4 Å². The fraction of sp³-hybridized carbons (Fsp3) is 0.267. The molecule has 3 heteroatoms. The molecule has 0 radical (unpaired) electrons. The van der Waals surface area contributed by atoms with Crippen molar-refractivity contribution in [2.45, 2.75) is 0 Å². The third-order valence-electron chi connectivity index (χ3n) is 3.47. The molecule has 1 aliphatic rings. The maximum absolute atomic E-state index is 10.7. The minimum atomic E-state index is 0.734. The van der Waals surface area contributed by atoms with Crippen molar-refractivity contribution in [1.29, 1.82) is 0 Å². The predicted molar refractivity (Wildman–Crippen MR) is 74.4 cm³/mol. The van der Waals surface area contributed by atoms with Crippen LogP contribution < -0.4 is 10.2 Å². The van der Waals surface area contributed by atoms with Crippen LogP contribution in [0.5, 0.6) is 0 Å². The molecule has 92 valence electrons. The Kier molecular flexibility index (Phi) is 2.99. The number of nitrogens with one attached hydrogen (secondary N) is 1. The summed E-state index contributed by atoms with van der Waals surface area (Å²) < 4.78 is 0. The second kappa shape index (κ2) is 4.78. The van der Waals surface area contributed by atoms with E-state index in [2.05, 4.69) is 28.4 Å². The number of benzene rings is 2. The number of nitrogens with zero attached hydrogens (tertiary/aromatic N) is 1. The second-order valence-electron chi connectivity index (χ2n) is 4.65. The summed E-state index contributed by atoms with van der Waals surface area (Å²) in [6.45, 7) is 4.19. The first-order valence-electron chi connectivity index (χ1n) is 6.31. The Balaban J connectivity index is 1.97. The summed E-state index contributed by atoms with van der Waals surface area (Å²) in [5, 5.41) is 5.67. The second-order valence-corrected chi connectivity index (χ2v) is 4.65. The molecule has 18 heavy (non-hydrogen) atoms. The van der Waals surface area contributed by atoms with Crippen LogP contribution in [-0.2, 0) is 0 Å². The monoisotopic (exact) mass is 240 g/mol. The Morgan fingerprint density at radius 3 is 2.50 bits per heavy atom. The quantitative estimate of drug-likeness (QED) is 0.815. The van der Waals surface area contributed by atoms with Gasteiger partial charge >= 0.3 is 0 Å². The molecule has 0 aliphatic carbocycles. The first-order chi connectivity index (χ1) is 8.86. The molecular formula is C15H16N2O. The van der Waals surface area contributed by atoms with Crippen LogP contribution in [0.15, 0.2) is 36.4 Å². The largest absolute Gasteiger partial charge is 0.369 e. The minimum Gasteiger partial charge on any atom is -0.369 e. The average Bonchev–Trinajstić information content (AvgIpc) is 2.47. The lowest BCUT2D eigenvalue weighted by Gasteiger charge is -2.29. The highest BCUT2D eigenvalue weighted by molar-refractivity contribution is 5.90. The van der Waals surface area contributed by atoms with Gasteiger partial charge in [-0.3, -0.25) is 4.79 Å². The average molecular weight is 240 g/mol. The van der Waals surface area contributed by atoms with Gasteiger partial charge in [0.2, 0.25) is 0 Å². The van der Waals surface area contributed by atoms with Gasteiger partial charge in [-0.05, 0) is 29.0 Å². The highest BCUT2D eigenvalue weighted by Crippen LogP contribution is 2.23. The van der Waals surface area contributed by atoms with Crippen LogP contribution in [0.4, 0.5) is 5.69 Å². The van der Waals surface area contributed by atoms with Gasteiger partial charge in [0.1, 0.15) is 6.29 Å². The molecule has 1 N–H and O–H groups in total. The van der Waals surface area contributed by atoms with E-state index in [4.69, 9.17) is 0 Å². The maximum atomic E-state index is 10.7. The summed E-state index contributed by atoms with van der Waals surface area (Å²) in [6, 6.07) is 12.3. The minimum absolute atomic E-state index is 0.734. The summed E-state index contributed by atoms with van der Waals surface area (Å²) in [6.07, 6.45) is 0.893. The van der Waals surface area contributed by atoms with Gasteiger partial charge in [0.05, 0.1) is 0 Å². The van der Waals surface area contributed by atoms with Gasteiger partial charge in [-0.15, -0.1) is 0 Å². The molecule has 2 aromatic carbocycles. The van der Waals surface area contributed by atoms with Crippen molar-refractivity contribution < 1.29 is 4.79 Å². The van der Waals surface area contributed by atoms with Crippen molar-refractivity contribution in [2.24, 2.45) is 0 Å². The Bertz CT molecular complexity index is 574. The van der Waals surface area contributed by atoms with E-state index >= 15 is 0 Å². The molecule has 2 aromatic rings. The van der Waals surface area contributed by atoms with E-state index in [1.165, 1.54) is 11.1 Å². The van der Waals surface area contributed by atoms with Crippen LogP contribution in [0.25, 0.3) is 10.8 Å². The molecule has 0 bridgehead atoms. The van der Waals surface area contributed by atoms with Crippen LogP contribution in [-0.4, -0.2) is 32.5 Å². The predicted octanol–water partition coefficient (Wildman–Crippen LogP) is 2.06. The third kappa shape index (κ3) is 2.09. The Morgan fingerprint density at radius 1 is 1.00 bits per heavy atom. The fourth-order valence-corrected chi connectivity index (χ4v) is 2.44. The van der Waals surface area contributed by atoms with E-state index < -0.39 is 0 Å². The molecule has 1 heterocycles. The van der Waals surface area contributed by atoms with Crippen LogP contribution in [0.2, 0.25) is 0 Å². The van der Waals surface area contributed by atoms with E-state index in [0.29, 0.717) is 0 Å². The van der Waals surface area contributed by atoms with Crippen LogP contribution >= 0.6 is 0 Å². The van der Waals surface area contributed by atoms with Gasteiger partial charge in [-0.25, -0.2) is 0 Å². The molecule has 1 aliphatic heterocycles. The number of aldehydes is 1.